The van der Waals surface area contributed by atoms with Crippen molar-refractivity contribution in [1.82, 2.24) is 4.90 Å². The summed E-state index contributed by atoms with van der Waals surface area (Å²) in [5.74, 6) is 0. The summed E-state index contributed by atoms with van der Waals surface area (Å²) in [7, 11) is 0. The molecule has 1 heterocycles. The van der Waals surface area contributed by atoms with Gasteiger partial charge in [0.15, 0.2) is 0 Å². The Kier molecular flexibility index (Phi) is 4.20. The lowest BCUT2D eigenvalue weighted by molar-refractivity contribution is 0.0422. The highest BCUT2D eigenvalue weighted by molar-refractivity contribution is 5.85. The Morgan fingerprint density at radius 3 is 2.50 bits per heavy atom. The number of hydrogen-bond donors (Lipinski definition) is 2. The third-order valence-electron chi connectivity index (χ3n) is 1.81. The van der Waals surface area contributed by atoms with Crippen LogP contribution >= 0.6 is 12.4 Å². The lowest BCUT2D eigenvalue weighted by Crippen LogP contribution is -2.30. The Morgan fingerprint density at radius 2 is 2.30 bits per heavy atom. The second kappa shape index (κ2) is 4.13. The molecule has 10 heavy (non-hydrogen) atoms. The summed E-state index contributed by atoms with van der Waals surface area (Å²) < 4.78 is 0. The predicted octanol–water partition coefficient (Wildman–Crippen LogP) is -0.221. The van der Waals surface area contributed by atoms with E-state index in [1.807, 2.05) is 11.8 Å². The summed E-state index contributed by atoms with van der Waals surface area (Å²) in [6.07, 6.45) is 0.443. The van der Waals surface area contributed by atoms with Crippen LogP contribution in [0.25, 0.3) is 0 Å². The Balaban J connectivity index is 0.000000810. The zero-order valence-corrected chi connectivity index (χ0v) is 6.97. The first-order chi connectivity index (χ1) is 4.24. The number of nitrogens with two attached hydrogens (primary N) is 1. The van der Waals surface area contributed by atoms with Crippen molar-refractivity contribution >= 4 is 12.4 Å². The second-order valence-electron chi connectivity index (χ2n) is 2.56. The van der Waals surface area contributed by atoms with E-state index in [1.54, 1.807) is 0 Å². The van der Waals surface area contributed by atoms with Crippen LogP contribution in [-0.4, -0.2) is 35.4 Å². The van der Waals surface area contributed by atoms with Crippen LogP contribution in [0.3, 0.4) is 0 Å². The normalized spacial score (nSPS) is 33.9. The molecule has 3 N–H and O–H groups in total. The number of hydrogen-bond acceptors (Lipinski definition) is 3. The molecule has 1 rings (SSSR count). The van der Waals surface area contributed by atoms with Crippen molar-refractivity contribution in [2.24, 2.45) is 5.73 Å². The average Bonchev–Trinajstić information content (AvgIpc) is 2.10. The highest BCUT2D eigenvalue weighted by atomic mass is 35.5. The zero-order chi connectivity index (χ0) is 6.85. The van der Waals surface area contributed by atoms with E-state index in [0.29, 0.717) is 0 Å². The van der Waals surface area contributed by atoms with Crippen molar-refractivity contribution in [3.63, 3.8) is 0 Å². The fraction of sp³-hybridized carbons (Fsp3) is 1.00. The number of halogens is 1. The summed E-state index contributed by atoms with van der Waals surface area (Å²) in [4.78, 5) is 1.98. The molecule has 2 atom stereocenters. The van der Waals surface area contributed by atoms with Crippen LogP contribution < -0.4 is 5.73 Å². The summed E-state index contributed by atoms with van der Waals surface area (Å²) >= 11 is 0. The summed E-state index contributed by atoms with van der Waals surface area (Å²) in [5, 5.41) is 9.21. The lowest BCUT2D eigenvalue weighted by Gasteiger charge is -2.15. The number of nitrogens with zero attached hydrogens (tertiary/aromatic N) is 1. The third kappa shape index (κ3) is 2.09. The molecule has 0 amide bonds. The summed E-state index contributed by atoms with van der Waals surface area (Å²) in [6.45, 7) is 3.77. The van der Waals surface area contributed by atoms with Gasteiger partial charge in [-0.2, -0.15) is 0 Å². The van der Waals surface area contributed by atoms with Gasteiger partial charge >= 0.3 is 0 Å². The SMILES string of the molecule is CCN1CC(N)CC1O.Cl. The Labute approximate surface area is 67.6 Å². The van der Waals surface area contributed by atoms with Gasteiger partial charge in [-0.05, 0) is 6.54 Å². The summed E-state index contributed by atoms with van der Waals surface area (Å²) in [5.41, 5.74) is 5.59. The van der Waals surface area contributed by atoms with Gasteiger partial charge in [-0.1, -0.05) is 6.92 Å². The molecule has 0 aromatic heterocycles. The maximum Gasteiger partial charge on any atom is 0.108 e. The lowest BCUT2D eigenvalue weighted by atomic mass is 10.3. The third-order valence-corrected chi connectivity index (χ3v) is 1.81. The van der Waals surface area contributed by atoms with E-state index in [4.69, 9.17) is 5.73 Å². The van der Waals surface area contributed by atoms with Gasteiger partial charge in [0.2, 0.25) is 0 Å². The van der Waals surface area contributed by atoms with Gasteiger partial charge in [0, 0.05) is 19.0 Å². The molecule has 0 aromatic rings. The van der Waals surface area contributed by atoms with Gasteiger partial charge in [0.1, 0.15) is 6.23 Å². The van der Waals surface area contributed by atoms with Crippen LogP contribution in [0.2, 0.25) is 0 Å². The first kappa shape index (κ1) is 10.2. The van der Waals surface area contributed by atoms with Gasteiger partial charge in [0.25, 0.3) is 0 Å². The van der Waals surface area contributed by atoms with Gasteiger partial charge in [-0.3, -0.25) is 4.90 Å². The van der Waals surface area contributed by atoms with Gasteiger partial charge in [-0.25, -0.2) is 0 Å². The first-order valence-electron chi connectivity index (χ1n) is 3.41. The van der Waals surface area contributed by atoms with Crippen molar-refractivity contribution in [2.45, 2.75) is 25.6 Å². The number of rotatable bonds is 1. The van der Waals surface area contributed by atoms with E-state index in [2.05, 4.69) is 0 Å². The zero-order valence-electron chi connectivity index (χ0n) is 6.16. The number of likely N-dealkylation sites (N-methyl/N-ethyl adjacent to an activating group) is 1. The second-order valence-corrected chi connectivity index (χ2v) is 2.56. The molecular formula is C6H15ClN2O. The quantitative estimate of drug-likeness (QED) is 0.567. The Morgan fingerprint density at radius 1 is 1.70 bits per heavy atom. The molecule has 0 saturated carbocycles. The largest absolute Gasteiger partial charge is 0.378 e. The average molecular weight is 167 g/mol. The standard InChI is InChI=1S/C6H14N2O.ClH/c1-2-8-4-5(7)3-6(8)9;/h5-6,9H,2-4,7H2,1H3;1H. The molecule has 0 aromatic carbocycles. The first-order valence-corrected chi connectivity index (χ1v) is 3.41. The molecule has 62 valence electrons. The molecule has 0 spiro atoms. The fourth-order valence-corrected chi connectivity index (χ4v) is 1.26. The van der Waals surface area contributed by atoms with Crippen LogP contribution in [0, 0.1) is 0 Å². The Bertz CT molecular complexity index is 102. The molecule has 2 unspecified atom stereocenters. The topological polar surface area (TPSA) is 49.5 Å². The minimum Gasteiger partial charge on any atom is -0.378 e. The molecule has 0 bridgehead atoms. The maximum atomic E-state index is 9.21. The van der Waals surface area contributed by atoms with Crippen molar-refractivity contribution in [2.75, 3.05) is 13.1 Å². The van der Waals surface area contributed by atoms with E-state index >= 15 is 0 Å². The molecule has 1 aliphatic rings. The highest BCUT2D eigenvalue weighted by Crippen LogP contribution is 2.12. The minimum atomic E-state index is -0.287. The van der Waals surface area contributed by atoms with Crippen LogP contribution in [0.1, 0.15) is 13.3 Å². The predicted molar refractivity (Wildman–Crippen MR) is 43.1 cm³/mol. The molecule has 3 nitrogen and oxygen atoms in total. The van der Waals surface area contributed by atoms with Crippen molar-refractivity contribution in [1.29, 1.82) is 0 Å². The van der Waals surface area contributed by atoms with Crippen LogP contribution in [0.4, 0.5) is 0 Å². The highest BCUT2D eigenvalue weighted by Gasteiger charge is 2.26. The van der Waals surface area contributed by atoms with E-state index in [9.17, 15) is 5.11 Å². The maximum absolute atomic E-state index is 9.21. The van der Waals surface area contributed by atoms with E-state index in [-0.39, 0.29) is 24.7 Å². The monoisotopic (exact) mass is 166 g/mol. The van der Waals surface area contributed by atoms with Gasteiger partial charge in [-0.15, -0.1) is 12.4 Å². The number of likely N-dealkylation sites (tertiary alicyclic amines) is 1. The van der Waals surface area contributed by atoms with Gasteiger partial charge in [0.05, 0.1) is 0 Å². The van der Waals surface area contributed by atoms with Crippen LogP contribution in [0.5, 0.6) is 0 Å². The fourth-order valence-electron chi connectivity index (χ4n) is 1.26. The smallest absolute Gasteiger partial charge is 0.108 e. The molecular weight excluding hydrogens is 152 g/mol. The number of aliphatic hydroxyl groups is 1. The molecule has 0 radical (unpaired) electrons. The number of aliphatic hydroxyl groups excluding tert-OH is 1. The molecule has 4 heteroatoms. The van der Waals surface area contributed by atoms with Crippen LogP contribution in [0.15, 0.2) is 0 Å². The minimum absolute atomic E-state index is 0. The van der Waals surface area contributed by atoms with E-state index in [0.717, 1.165) is 19.5 Å². The van der Waals surface area contributed by atoms with Crippen molar-refractivity contribution < 1.29 is 5.11 Å². The summed E-state index contributed by atoms with van der Waals surface area (Å²) in [6, 6.07) is 0.181. The van der Waals surface area contributed by atoms with E-state index < -0.39 is 0 Å². The molecule has 1 saturated heterocycles. The van der Waals surface area contributed by atoms with Crippen molar-refractivity contribution in [3.8, 4) is 0 Å². The van der Waals surface area contributed by atoms with Crippen molar-refractivity contribution in [3.05, 3.63) is 0 Å². The van der Waals surface area contributed by atoms with Crippen LogP contribution in [-0.2, 0) is 0 Å². The van der Waals surface area contributed by atoms with E-state index in [1.165, 1.54) is 0 Å². The Hall–Kier alpha value is 0.170. The molecule has 0 aliphatic carbocycles. The van der Waals surface area contributed by atoms with Gasteiger partial charge < -0.3 is 10.8 Å². The molecule has 1 fully saturated rings. The molecule has 1 aliphatic heterocycles.